The predicted octanol–water partition coefficient (Wildman–Crippen LogP) is 2.55. The quantitative estimate of drug-likeness (QED) is 0.627. The minimum Gasteiger partial charge on any atom is -0.461 e. The zero-order valence-corrected chi connectivity index (χ0v) is 10.6. The first kappa shape index (κ1) is 12.0. The first-order chi connectivity index (χ1) is 9.13. The maximum atomic E-state index is 11.5. The molecule has 4 heteroatoms. The lowest BCUT2D eigenvalue weighted by atomic mass is 10.1. The normalized spacial score (nSPS) is 14.6. The van der Waals surface area contributed by atoms with Gasteiger partial charge in [0.2, 0.25) is 0 Å². The van der Waals surface area contributed by atoms with Crippen LogP contribution in [0.3, 0.4) is 0 Å². The molecule has 2 aromatic rings. The van der Waals surface area contributed by atoms with Gasteiger partial charge < -0.3 is 9.15 Å². The van der Waals surface area contributed by atoms with Crippen LogP contribution in [-0.4, -0.2) is 5.97 Å². The lowest BCUT2D eigenvalue weighted by Gasteiger charge is -2.07. The van der Waals surface area contributed by atoms with Crippen molar-refractivity contribution in [2.24, 2.45) is 5.92 Å². The molecule has 0 N–H and O–H groups in total. The van der Waals surface area contributed by atoms with E-state index in [2.05, 4.69) is 0 Å². The summed E-state index contributed by atoms with van der Waals surface area (Å²) in [5.41, 5.74) is 1.82. The molecule has 0 bridgehead atoms. The highest BCUT2D eigenvalue weighted by atomic mass is 16.5. The molecule has 4 nitrogen and oxygen atoms in total. The van der Waals surface area contributed by atoms with E-state index in [1.807, 2.05) is 25.1 Å². The molecule has 1 fully saturated rings. The molecule has 0 aliphatic heterocycles. The molecule has 1 saturated carbocycles. The fourth-order valence-corrected chi connectivity index (χ4v) is 2.04. The second-order valence-corrected chi connectivity index (χ2v) is 4.97. The van der Waals surface area contributed by atoms with Gasteiger partial charge in [-0.3, -0.25) is 4.79 Å². The summed E-state index contributed by atoms with van der Waals surface area (Å²) in [7, 11) is 0. The van der Waals surface area contributed by atoms with Crippen molar-refractivity contribution in [2.75, 3.05) is 0 Å². The predicted molar refractivity (Wildman–Crippen MR) is 69.7 cm³/mol. The van der Waals surface area contributed by atoms with Crippen LogP contribution in [0.2, 0.25) is 0 Å². The number of benzene rings is 1. The van der Waals surface area contributed by atoms with Crippen LogP contribution in [0.1, 0.15) is 24.0 Å². The Labute approximate surface area is 110 Å². The number of carbonyl (C=O) groups is 1. The van der Waals surface area contributed by atoms with Crippen LogP contribution in [0.4, 0.5) is 0 Å². The van der Waals surface area contributed by atoms with E-state index in [1.54, 1.807) is 0 Å². The van der Waals surface area contributed by atoms with Crippen LogP contribution in [0.15, 0.2) is 33.5 Å². The molecule has 98 valence electrons. The number of ether oxygens (including phenoxy) is 1. The second kappa shape index (κ2) is 4.53. The number of hydrogen-bond acceptors (Lipinski definition) is 4. The molecule has 1 heterocycles. The minimum atomic E-state index is -0.421. The van der Waals surface area contributed by atoms with Crippen molar-refractivity contribution in [1.82, 2.24) is 0 Å². The highest BCUT2D eigenvalue weighted by molar-refractivity contribution is 5.81. The second-order valence-electron chi connectivity index (χ2n) is 4.97. The van der Waals surface area contributed by atoms with Crippen LogP contribution in [0, 0.1) is 12.8 Å². The van der Waals surface area contributed by atoms with Crippen molar-refractivity contribution < 1.29 is 13.9 Å². The summed E-state index contributed by atoms with van der Waals surface area (Å²) >= 11 is 0. The fourth-order valence-electron chi connectivity index (χ4n) is 2.04. The van der Waals surface area contributed by atoms with Crippen molar-refractivity contribution in [3.05, 3.63) is 45.8 Å². The number of aryl methyl sites for hydroxylation is 1. The van der Waals surface area contributed by atoms with Gasteiger partial charge in [-0.05, 0) is 31.4 Å². The van der Waals surface area contributed by atoms with E-state index in [0.717, 1.165) is 23.8 Å². The molecule has 3 rings (SSSR count). The highest BCUT2D eigenvalue weighted by Crippen LogP contribution is 2.30. The first-order valence-electron chi connectivity index (χ1n) is 6.33. The van der Waals surface area contributed by atoms with Crippen molar-refractivity contribution in [2.45, 2.75) is 26.4 Å². The van der Waals surface area contributed by atoms with Gasteiger partial charge in [0.05, 0.1) is 5.92 Å². The van der Waals surface area contributed by atoms with Gasteiger partial charge >= 0.3 is 11.6 Å². The molecule has 19 heavy (non-hydrogen) atoms. The Kier molecular flexibility index (Phi) is 2.85. The largest absolute Gasteiger partial charge is 0.461 e. The molecular formula is C15H14O4. The molecule has 0 saturated heterocycles. The van der Waals surface area contributed by atoms with Gasteiger partial charge in [0.25, 0.3) is 0 Å². The molecule has 0 atom stereocenters. The molecular weight excluding hydrogens is 244 g/mol. The molecule has 1 aromatic heterocycles. The molecule has 1 aliphatic carbocycles. The standard InChI is InChI=1S/C15H14O4/c1-9-2-5-12-11(7-14(16)19-13(12)6-9)8-18-15(17)10-3-4-10/h2,5-7,10H,3-4,8H2,1H3. The topological polar surface area (TPSA) is 56.5 Å². The summed E-state index contributed by atoms with van der Waals surface area (Å²) in [6.45, 7) is 2.06. The Morgan fingerprint density at radius 3 is 2.89 bits per heavy atom. The summed E-state index contributed by atoms with van der Waals surface area (Å²) in [4.78, 5) is 23.0. The average molecular weight is 258 g/mol. The van der Waals surface area contributed by atoms with Crippen LogP contribution in [0.5, 0.6) is 0 Å². The van der Waals surface area contributed by atoms with E-state index in [1.165, 1.54) is 6.07 Å². The SMILES string of the molecule is Cc1ccc2c(COC(=O)C3CC3)cc(=O)oc2c1. The lowest BCUT2D eigenvalue weighted by Crippen LogP contribution is -2.08. The molecule has 1 aliphatic rings. The van der Waals surface area contributed by atoms with Gasteiger partial charge in [-0.1, -0.05) is 12.1 Å². The van der Waals surface area contributed by atoms with Gasteiger partial charge in [0, 0.05) is 17.0 Å². The number of fused-ring (bicyclic) bond motifs is 1. The molecule has 0 spiro atoms. The van der Waals surface area contributed by atoms with Crippen molar-refractivity contribution >= 4 is 16.9 Å². The van der Waals surface area contributed by atoms with Gasteiger partial charge in [0.15, 0.2) is 0 Å². The monoisotopic (exact) mass is 258 g/mol. The van der Waals surface area contributed by atoms with Crippen molar-refractivity contribution in [3.8, 4) is 0 Å². The smallest absolute Gasteiger partial charge is 0.336 e. The third-order valence-corrected chi connectivity index (χ3v) is 3.27. The maximum absolute atomic E-state index is 11.5. The van der Waals surface area contributed by atoms with Gasteiger partial charge in [-0.25, -0.2) is 4.79 Å². The van der Waals surface area contributed by atoms with Gasteiger partial charge in [0.1, 0.15) is 12.2 Å². The third-order valence-electron chi connectivity index (χ3n) is 3.27. The Morgan fingerprint density at radius 1 is 1.37 bits per heavy atom. The van der Waals surface area contributed by atoms with E-state index in [-0.39, 0.29) is 18.5 Å². The summed E-state index contributed by atoms with van der Waals surface area (Å²) in [5, 5.41) is 0.814. The summed E-state index contributed by atoms with van der Waals surface area (Å²) in [6.07, 6.45) is 1.82. The Morgan fingerprint density at radius 2 is 2.16 bits per heavy atom. The molecule has 0 unspecified atom stereocenters. The van der Waals surface area contributed by atoms with E-state index < -0.39 is 5.63 Å². The molecule has 1 aromatic carbocycles. The molecule has 0 radical (unpaired) electrons. The Bertz CT molecular complexity index is 695. The Balaban J connectivity index is 1.92. The van der Waals surface area contributed by atoms with Gasteiger partial charge in [-0.15, -0.1) is 0 Å². The van der Waals surface area contributed by atoms with Crippen molar-refractivity contribution in [1.29, 1.82) is 0 Å². The van der Waals surface area contributed by atoms with Crippen molar-refractivity contribution in [3.63, 3.8) is 0 Å². The lowest BCUT2D eigenvalue weighted by molar-refractivity contribution is -0.146. The number of carbonyl (C=O) groups excluding carboxylic acids is 1. The highest BCUT2D eigenvalue weighted by Gasteiger charge is 2.31. The van der Waals surface area contributed by atoms with E-state index in [4.69, 9.17) is 9.15 Å². The summed E-state index contributed by atoms with van der Waals surface area (Å²) < 4.78 is 10.4. The van der Waals surface area contributed by atoms with E-state index in [9.17, 15) is 9.59 Å². The number of hydrogen-bond donors (Lipinski definition) is 0. The average Bonchev–Trinajstić information content (AvgIpc) is 3.18. The van der Waals surface area contributed by atoms with Gasteiger partial charge in [-0.2, -0.15) is 0 Å². The minimum absolute atomic E-state index is 0.0635. The molecule has 0 amide bonds. The first-order valence-corrected chi connectivity index (χ1v) is 6.33. The number of rotatable bonds is 3. The van der Waals surface area contributed by atoms with Crippen LogP contribution >= 0.6 is 0 Å². The zero-order chi connectivity index (χ0) is 13.4. The summed E-state index contributed by atoms with van der Waals surface area (Å²) in [6, 6.07) is 7.02. The van der Waals surface area contributed by atoms with E-state index >= 15 is 0 Å². The third kappa shape index (κ3) is 2.52. The number of esters is 1. The van der Waals surface area contributed by atoms with Crippen LogP contribution < -0.4 is 5.63 Å². The maximum Gasteiger partial charge on any atom is 0.336 e. The zero-order valence-electron chi connectivity index (χ0n) is 10.6. The summed E-state index contributed by atoms with van der Waals surface area (Å²) in [5.74, 6) is -0.109. The van der Waals surface area contributed by atoms with Crippen LogP contribution in [-0.2, 0) is 16.1 Å². The van der Waals surface area contributed by atoms with Crippen LogP contribution in [0.25, 0.3) is 11.0 Å². The Hall–Kier alpha value is -2.10. The fraction of sp³-hybridized carbons (Fsp3) is 0.333. The van der Waals surface area contributed by atoms with E-state index in [0.29, 0.717) is 11.1 Å².